The van der Waals surface area contributed by atoms with E-state index in [4.69, 9.17) is 4.74 Å². The van der Waals surface area contributed by atoms with E-state index in [0.717, 1.165) is 22.4 Å². The molecular formula is C22H23N3O4S. The number of hydrogen-bond acceptors (Lipinski definition) is 7. The fraction of sp³-hybridized carbons (Fsp3) is 0.318. The van der Waals surface area contributed by atoms with Crippen molar-refractivity contribution in [1.29, 1.82) is 0 Å². The second-order valence-electron chi connectivity index (χ2n) is 7.34. The van der Waals surface area contributed by atoms with Crippen molar-refractivity contribution in [3.8, 4) is 11.3 Å². The number of nitrogens with zero attached hydrogens (tertiary/aromatic N) is 2. The molecule has 0 aliphatic carbocycles. The molecule has 3 heterocycles. The summed E-state index contributed by atoms with van der Waals surface area (Å²) in [4.78, 5) is 21.1. The van der Waals surface area contributed by atoms with Gasteiger partial charge in [-0.2, -0.15) is 0 Å². The van der Waals surface area contributed by atoms with Gasteiger partial charge in [-0.05, 0) is 36.1 Å². The zero-order chi connectivity index (χ0) is 21.1. The maximum Gasteiger partial charge on any atom is 0.270 e. The lowest BCUT2D eigenvalue weighted by atomic mass is 9.96. The van der Waals surface area contributed by atoms with Crippen LogP contribution in [0.5, 0.6) is 0 Å². The Morgan fingerprint density at radius 1 is 1.30 bits per heavy atom. The van der Waals surface area contributed by atoms with E-state index in [1.807, 2.05) is 36.6 Å². The summed E-state index contributed by atoms with van der Waals surface area (Å²) in [5, 5.41) is 25.7. The Morgan fingerprint density at radius 2 is 2.10 bits per heavy atom. The summed E-state index contributed by atoms with van der Waals surface area (Å²) in [5.74, 6) is -0.381. The highest BCUT2D eigenvalue weighted by atomic mass is 32.1. The Hall–Kier alpha value is -2.65. The molecule has 30 heavy (non-hydrogen) atoms. The maximum absolute atomic E-state index is 12.6. The number of ether oxygens (including phenoxy) is 1. The summed E-state index contributed by atoms with van der Waals surface area (Å²) in [6.07, 6.45) is 0.490. The molecule has 1 amide bonds. The van der Waals surface area contributed by atoms with Crippen LogP contribution in [-0.2, 0) is 4.74 Å². The average Bonchev–Trinajstić information content (AvgIpc) is 3.30. The third kappa shape index (κ3) is 4.41. The largest absolute Gasteiger partial charge is 0.389 e. The minimum absolute atomic E-state index is 0.201. The molecule has 1 aromatic carbocycles. The highest BCUT2D eigenvalue weighted by Crippen LogP contribution is 2.27. The first kappa shape index (κ1) is 20.6. The van der Waals surface area contributed by atoms with Crippen LogP contribution in [0.1, 0.15) is 39.7 Å². The predicted molar refractivity (Wildman–Crippen MR) is 113 cm³/mol. The summed E-state index contributed by atoms with van der Waals surface area (Å²) >= 11 is 1.53. The van der Waals surface area contributed by atoms with Crippen LogP contribution in [0.4, 0.5) is 0 Å². The molecule has 1 saturated heterocycles. The van der Waals surface area contributed by atoms with Gasteiger partial charge in [-0.1, -0.05) is 24.3 Å². The summed E-state index contributed by atoms with van der Waals surface area (Å²) < 4.78 is 5.19. The number of nitrogens with one attached hydrogen (secondary N) is 1. The summed E-state index contributed by atoms with van der Waals surface area (Å²) in [6, 6.07) is 8.79. The van der Waals surface area contributed by atoms with Crippen LogP contribution < -0.4 is 5.32 Å². The number of aliphatic hydroxyl groups is 2. The molecule has 0 bridgehead atoms. The van der Waals surface area contributed by atoms with Crippen LogP contribution in [0.25, 0.3) is 11.3 Å². The maximum atomic E-state index is 12.6. The molecule has 1 unspecified atom stereocenters. The van der Waals surface area contributed by atoms with Gasteiger partial charge in [0.15, 0.2) is 0 Å². The topological polar surface area (TPSA) is 105 Å². The minimum Gasteiger partial charge on any atom is -0.389 e. The van der Waals surface area contributed by atoms with Crippen molar-refractivity contribution < 1.29 is 19.7 Å². The number of aliphatic hydroxyl groups excluding tert-OH is 2. The predicted octanol–water partition coefficient (Wildman–Crippen LogP) is 2.47. The molecule has 0 spiro atoms. The smallest absolute Gasteiger partial charge is 0.270 e. The zero-order valence-corrected chi connectivity index (χ0v) is 17.3. The number of pyridine rings is 1. The number of carbonyl (C=O) groups is 1. The summed E-state index contributed by atoms with van der Waals surface area (Å²) in [7, 11) is 0. The van der Waals surface area contributed by atoms with Gasteiger partial charge in [0.05, 0.1) is 30.0 Å². The lowest BCUT2D eigenvalue weighted by Gasteiger charge is -2.28. The monoisotopic (exact) mass is 425 g/mol. The van der Waals surface area contributed by atoms with Crippen LogP contribution in [0, 0.1) is 6.92 Å². The molecule has 2 aromatic heterocycles. The van der Waals surface area contributed by atoms with Gasteiger partial charge < -0.3 is 20.3 Å². The highest BCUT2D eigenvalue weighted by Gasteiger charge is 2.26. The SMILES string of the molecule is Cc1cnc(C(=O)N[C@H]2CCOC[C@@H]2O)cc1C(O)c1ccc(-c2cscn2)cc1. The van der Waals surface area contributed by atoms with E-state index < -0.39 is 12.2 Å². The number of benzene rings is 1. The number of carbonyl (C=O) groups excluding carboxylic acids is 1. The lowest BCUT2D eigenvalue weighted by Crippen LogP contribution is -2.48. The third-order valence-electron chi connectivity index (χ3n) is 5.27. The molecule has 1 fully saturated rings. The van der Waals surface area contributed by atoms with Gasteiger partial charge >= 0.3 is 0 Å². The lowest BCUT2D eigenvalue weighted by molar-refractivity contribution is -0.0261. The van der Waals surface area contributed by atoms with Gasteiger partial charge in [0.2, 0.25) is 0 Å². The van der Waals surface area contributed by atoms with Gasteiger partial charge in [0.1, 0.15) is 11.8 Å². The van der Waals surface area contributed by atoms with E-state index in [2.05, 4.69) is 15.3 Å². The van der Waals surface area contributed by atoms with E-state index in [1.54, 1.807) is 17.8 Å². The first-order chi connectivity index (χ1) is 14.5. The van der Waals surface area contributed by atoms with Crippen LogP contribution in [0.3, 0.4) is 0 Å². The second kappa shape index (κ2) is 9.01. The molecule has 3 atom stereocenters. The summed E-state index contributed by atoms with van der Waals surface area (Å²) in [5.41, 5.74) is 5.98. The Labute approximate surface area is 178 Å². The van der Waals surface area contributed by atoms with Crippen molar-refractivity contribution in [2.24, 2.45) is 0 Å². The third-order valence-corrected chi connectivity index (χ3v) is 5.86. The molecule has 3 aromatic rings. The minimum atomic E-state index is -0.891. The van der Waals surface area contributed by atoms with Crippen LogP contribution >= 0.6 is 11.3 Å². The quantitative estimate of drug-likeness (QED) is 0.580. The Balaban J connectivity index is 1.53. The van der Waals surface area contributed by atoms with Crippen LogP contribution in [-0.4, -0.2) is 51.4 Å². The van der Waals surface area contributed by atoms with E-state index in [9.17, 15) is 15.0 Å². The van der Waals surface area contributed by atoms with E-state index in [0.29, 0.717) is 18.6 Å². The molecule has 1 aliphatic heterocycles. The molecule has 0 saturated carbocycles. The Kier molecular flexibility index (Phi) is 6.19. The zero-order valence-electron chi connectivity index (χ0n) is 16.5. The van der Waals surface area contributed by atoms with Gasteiger partial charge in [-0.25, -0.2) is 4.98 Å². The molecule has 8 heteroatoms. The van der Waals surface area contributed by atoms with Crippen molar-refractivity contribution >= 4 is 17.2 Å². The number of aryl methyl sites for hydroxylation is 1. The van der Waals surface area contributed by atoms with E-state index in [-0.39, 0.29) is 24.2 Å². The molecule has 156 valence electrons. The number of thiazole rings is 1. The van der Waals surface area contributed by atoms with Gasteiger partial charge in [-0.15, -0.1) is 11.3 Å². The molecule has 1 aliphatic rings. The fourth-order valence-electron chi connectivity index (χ4n) is 3.46. The average molecular weight is 426 g/mol. The standard InChI is InChI=1S/C22H23N3O4S/c1-13-9-23-18(22(28)25-17-6-7-29-10-20(17)26)8-16(13)21(27)15-4-2-14(3-5-15)19-11-30-12-24-19/h2-5,8-9,11-12,17,20-21,26-27H,6-7,10H2,1H3,(H,25,28)/t17-,20-,21?/m0/s1. The van der Waals surface area contributed by atoms with Gasteiger partial charge in [0.25, 0.3) is 5.91 Å². The molecular weight excluding hydrogens is 402 g/mol. The molecule has 0 radical (unpaired) electrons. The normalized spacial score (nSPS) is 20.0. The molecule has 7 nitrogen and oxygen atoms in total. The Bertz CT molecular complexity index is 1010. The van der Waals surface area contributed by atoms with Crippen molar-refractivity contribution in [2.45, 2.75) is 31.6 Å². The highest BCUT2D eigenvalue weighted by molar-refractivity contribution is 7.07. The van der Waals surface area contributed by atoms with Gasteiger partial charge in [-0.3, -0.25) is 9.78 Å². The molecule has 3 N–H and O–H groups in total. The fourth-order valence-corrected chi connectivity index (χ4v) is 4.02. The number of amides is 1. The Morgan fingerprint density at radius 3 is 2.80 bits per heavy atom. The molecule has 4 rings (SSSR count). The number of aromatic nitrogens is 2. The first-order valence-corrected chi connectivity index (χ1v) is 10.7. The van der Waals surface area contributed by atoms with Crippen molar-refractivity contribution in [3.63, 3.8) is 0 Å². The van der Waals surface area contributed by atoms with Crippen LogP contribution in [0.2, 0.25) is 0 Å². The van der Waals surface area contributed by atoms with Crippen molar-refractivity contribution in [1.82, 2.24) is 15.3 Å². The van der Waals surface area contributed by atoms with Crippen LogP contribution in [0.15, 0.2) is 47.4 Å². The summed E-state index contributed by atoms with van der Waals surface area (Å²) in [6.45, 7) is 2.54. The van der Waals surface area contributed by atoms with Crippen molar-refractivity contribution in [2.75, 3.05) is 13.2 Å². The number of rotatable bonds is 5. The van der Waals surface area contributed by atoms with E-state index >= 15 is 0 Å². The first-order valence-electron chi connectivity index (χ1n) is 9.72. The second-order valence-corrected chi connectivity index (χ2v) is 8.05. The van der Waals surface area contributed by atoms with Gasteiger partial charge in [0, 0.05) is 23.7 Å². The van der Waals surface area contributed by atoms with E-state index in [1.165, 1.54) is 11.3 Å². The number of hydrogen-bond donors (Lipinski definition) is 3. The van der Waals surface area contributed by atoms with Crippen molar-refractivity contribution in [3.05, 3.63) is 69.8 Å².